The molecule has 0 spiro atoms. The monoisotopic (exact) mass is 284 g/mol. The number of benzene rings is 1. The quantitative estimate of drug-likeness (QED) is 0.870. The highest BCUT2D eigenvalue weighted by molar-refractivity contribution is 7.99. The van der Waals surface area contributed by atoms with Crippen molar-refractivity contribution in [2.75, 3.05) is 11.1 Å². The van der Waals surface area contributed by atoms with Crippen LogP contribution in [0.15, 0.2) is 29.7 Å². The first-order valence-corrected chi connectivity index (χ1v) is 6.26. The van der Waals surface area contributed by atoms with E-state index in [-0.39, 0.29) is 17.3 Å². The predicted octanol–water partition coefficient (Wildman–Crippen LogP) is 1.82. The summed E-state index contributed by atoms with van der Waals surface area (Å²) in [6, 6.07) is 2.84. The Kier molecular flexibility index (Phi) is 4.10. The number of halogens is 2. The maximum absolute atomic E-state index is 12.9. The molecular weight excluding hydrogens is 274 g/mol. The van der Waals surface area contributed by atoms with Crippen molar-refractivity contribution in [2.45, 2.75) is 5.16 Å². The van der Waals surface area contributed by atoms with Gasteiger partial charge in [0.25, 0.3) is 0 Å². The molecule has 0 fully saturated rings. The molecule has 0 aliphatic rings. The number of rotatable bonds is 4. The third-order valence-electron chi connectivity index (χ3n) is 2.15. The highest BCUT2D eigenvalue weighted by Crippen LogP contribution is 2.16. The van der Waals surface area contributed by atoms with Crippen LogP contribution in [0.25, 0.3) is 0 Å². The molecule has 0 bridgehead atoms. The lowest BCUT2D eigenvalue weighted by atomic mass is 10.3. The van der Waals surface area contributed by atoms with Crippen molar-refractivity contribution < 1.29 is 13.6 Å². The summed E-state index contributed by atoms with van der Waals surface area (Å²) in [7, 11) is 1.75. The van der Waals surface area contributed by atoms with Gasteiger partial charge in [-0.3, -0.25) is 4.79 Å². The van der Waals surface area contributed by atoms with Gasteiger partial charge in [0.15, 0.2) is 5.16 Å². The Morgan fingerprint density at radius 3 is 2.63 bits per heavy atom. The summed E-state index contributed by atoms with van der Waals surface area (Å²) in [4.78, 5) is 11.6. The van der Waals surface area contributed by atoms with E-state index in [0.717, 1.165) is 18.2 Å². The van der Waals surface area contributed by atoms with Gasteiger partial charge in [-0.15, -0.1) is 10.2 Å². The third-order valence-corrected chi connectivity index (χ3v) is 3.18. The van der Waals surface area contributed by atoms with Gasteiger partial charge in [0.2, 0.25) is 5.91 Å². The number of thioether (sulfide) groups is 1. The van der Waals surface area contributed by atoms with E-state index in [1.807, 2.05) is 0 Å². The van der Waals surface area contributed by atoms with E-state index in [1.165, 1.54) is 18.1 Å². The van der Waals surface area contributed by atoms with Crippen LogP contribution >= 0.6 is 11.8 Å². The number of aryl methyl sites for hydroxylation is 1. The van der Waals surface area contributed by atoms with Gasteiger partial charge in [0, 0.05) is 18.8 Å². The second-order valence-corrected chi connectivity index (χ2v) is 4.66. The minimum atomic E-state index is -0.740. The van der Waals surface area contributed by atoms with Crippen molar-refractivity contribution in [1.82, 2.24) is 14.8 Å². The fourth-order valence-corrected chi connectivity index (χ4v) is 2.04. The number of amides is 1. The summed E-state index contributed by atoms with van der Waals surface area (Å²) in [5, 5.41) is 10.5. The van der Waals surface area contributed by atoms with E-state index < -0.39 is 11.6 Å². The molecule has 1 aromatic carbocycles. The van der Waals surface area contributed by atoms with E-state index >= 15 is 0 Å². The minimum absolute atomic E-state index is 0.0741. The largest absolute Gasteiger partial charge is 0.325 e. The SMILES string of the molecule is Cn1cnnc1SCC(=O)Nc1cc(F)cc(F)c1. The molecule has 1 heterocycles. The molecule has 2 rings (SSSR count). The van der Waals surface area contributed by atoms with Gasteiger partial charge in [-0.25, -0.2) is 8.78 Å². The number of nitrogens with zero attached hydrogens (tertiary/aromatic N) is 3. The van der Waals surface area contributed by atoms with Crippen LogP contribution in [0.1, 0.15) is 0 Å². The average Bonchev–Trinajstić information content (AvgIpc) is 2.71. The number of carbonyl (C=O) groups is 1. The van der Waals surface area contributed by atoms with Gasteiger partial charge in [0.1, 0.15) is 18.0 Å². The van der Waals surface area contributed by atoms with Gasteiger partial charge in [0.05, 0.1) is 5.75 Å². The lowest BCUT2D eigenvalue weighted by Gasteiger charge is -2.05. The molecule has 0 radical (unpaired) electrons. The van der Waals surface area contributed by atoms with Crippen LogP contribution in [-0.2, 0) is 11.8 Å². The summed E-state index contributed by atoms with van der Waals surface area (Å²) in [5.41, 5.74) is 0.0843. The van der Waals surface area contributed by atoms with Gasteiger partial charge in [-0.1, -0.05) is 11.8 Å². The standard InChI is InChI=1S/C11H10F2N4OS/c1-17-6-14-16-11(17)19-5-10(18)15-9-3-7(12)2-8(13)4-9/h2-4,6H,5H2,1H3,(H,15,18). The van der Waals surface area contributed by atoms with Crippen LogP contribution < -0.4 is 5.32 Å². The van der Waals surface area contributed by atoms with E-state index in [1.54, 1.807) is 11.6 Å². The third kappa shape index (κ3) is 3.75. The Labute approximate surface area is 112 Å². The number of nitrogens with one attached hydrogen (secondary N) is 1. The Morgan fingerprint density at radius 2 is 2.05 bits per heavy atom. The molecule has 100 valence electrons. The number of aromatic nitrogens is 3. The van der Waals surface area contributed by atoms with Gasteiger partial charge in [-0.05, 0) is 12.1 Å². The van der Waals surface area contributed by atoms with Crippen LogP contribution in [0.4, 0.5) is 14.5 Å². The van der Waals surface area contributed by atoms with Crippen molar-refractivity contribution >= 4 is 23.4 Å². The maximum atomic E-state index is 12.9. The molecule has 0 atom stereocenters. The van der Waals surface area contributed by atoms with Crippen LogP contribution in [0.2, 0.25) is 0 Å². The van der Waals surface area contributed by atoms with Crippen molar-refractivity contribution in [3.63, 3.8) is 0 Å². The summed E-state index contributed by atoms with van der Waals surface area (Å²) >= 11 is 1.18. The Balaban J connectivity index is 1.92. The molecule has 5 nitrogen and oxygen atoms in total. The van der Waals surface area contributed by atoms with Crippen molar-refractivity contribution in [3.8, 4) is 0 Å². The van der Waals surface area contributed by atoms with E-state index in [2.05, 4.69) is 15.5 Å². The van der Waals surface area contributed by atoms with Crippen LogP contribution in [0, 0.1) is 11.6 Å². The molecule has 0 saturated carbocycles. The topological polar surface area (TPSA) is 59.8 Å². The van der Waals surface area contributed by atoms with Gasteiger partial charge in [-0.2, -0.15) is 0 Å². The fourth-order valence-electron chi connectivity index (χ4n) is 1.36. The average molecular weight is 284 g/mol. The van der Waals surface area contributed by atoms with Crippen LogP contribution in [0.5, 0.6) is 0 Å². The molecule has 0 aliphatic heterocycles. The number of carbonyl (C=O) groups excluding carboxylic acids is 1. The lowest BCUT2D eigenvalue weighted by molar-refractivity contribution is -0.113. The zero-order valence-corrected chi connectivity index (χ0v) is 10.7. The molecule has 1 aromatic heterocycles. The van der Waals surface area contributed by atoms with E-state index in [0.29, 0.717) is 5.16 Å². The maximum Gasteiger partial charge on any atom is 0.234 e. The molecule has 1 N–H and O–H groups in total. The summed E-state index contributed by atoms with van der Waals surface area (Å²) in [6.45, 7) is 0. The van der Waals surface area contributed by atoms with Gasteiger partial charge < -0.3 is 9.88 Å². The molecule has 8 heteroatoms. The van der Waals surface area contributed by atoms with Crippen LogP contribution in [-0.4, -0.2) is 26.4 Å². The molecule has 19 heavy (non-hydrogen) atoms. The first-order valence-electron chi connectivity index (χ1n) is 5.27. The smallest absolute Gasteiger partial charge is 0.234 e. The molecular formula is C11H10F2N4OS. The van der Waals surface area contributed by atoms with Crippen molar-refractivity contribution in [2.24, 2.45) is 7.05 Å². The minimum Gasteiger partial charge on any atom is -0.325 e. The highest BCUT2D eigenvalue weighted by Gasteiger charge is 2.08. The fraction of sp³-hybridized carbons (Fsp3) is 0.182. The molecule has 1 amide bonds. The Bertz CT molecular complexity index is 582. The zero-order valence-electron chi connectivity index (χ0n) is 9.93. The van der Waals surface area contributed by atoms with E-state index in [4.69, 9.17) is 0 Å². The predicted molar refractivity (Wildman–Crippen MR) is 66.7 cm³/mol. The second-order valence-electron chi connectivity index (χ2n) is 3.72. The molecule has 0 saturated heterocycles. The number of hydrogen-bond donors (Lipinski definition) is 1. The first-order chi connectivity index (χ1) is 9.04. The molecule has 2 aromatic rings. The van der Waals surface area contributed by atoms with Crippen LogP contribution in [0.3, 0.4) is 0 Å². The molecule has 0 aliphatic carbocycles. The Morgan fingerprint density at radius 1 is 1.37 bits per heavy atom. The number of anilines is 1. The first kappa shape index (κ1) is 13.5. The lowest BCUT2D eigenvalue weighted by Crippen LogP contribution is -2.14. The highest BCUT2D eigenvalue weighted by atomic mass is 32.2. The van der Waals surface area contributed by atoms with Gasteiger partial charge >= 0.3 is 0 Å². The second kappa shape index (κ2) is 5.79. The molecule has 0 unspecified atom stereocenters. The summed E-state index contributed by atoms with van der Waals surface area (Å²) in [6.07, 6.45) is 1.52. The van der Waals surface area contributed by atoms with Crippen molar-refractivity contribution in [1.29, 1.82) is 0 Å². The van der Waals surface area contributed by atoms with Crippen molar-refractivity contribution in [3.05, 3.63) is 36.2 Å². The summed E-state index contributed by atoms with van der Waals surface area (Å²) in [5.74, 6) is -1.78. The van der Waals surface area contributed by atoms with E-state index in [9.17, 15) is 13.6 Å². The Hall–Kier alpha value is -1.96. The normalized spacial score (nSPS) is 10.5. The zero-order chi connectivity index (χ0) is 13.8. The summed E-state index contributed by atoms with van der Waals surface area (Å²) < 4.78 is 27.5. The number of hydrogen-bond acceptors (Lipinski definition) is 4.